The third-order valence-corrected chi connectivity index (χ3v) is 13.4. The lowest BCUT2D eigenvalue weighted by atomic mass is 10.0. The molecule has 0 fully saturated rings. The SMILES string of the molecule is COC(=O)C1=C(C(=O)OC)C(C(=O)OC)=P(C)(C)N(C)P(C)(C)=C1C(=O)OC. The van der Waals surface area contributed by atoms with Crippen molar-refractivity contribution in [2.24, 2.45) is 0 Å². The average Bonchev–Trinajstić information content (AvgIpc) is 2.71. The Morgan fingerprint density at radius 2 is 0.857 bits per heavy atom. The van der Waals surface area contributed by atoms with Gasteiger partial charge in [-0.3, -0.25) is 4.44 Å². The Balaban J connectivity index is 4.47. The fourth-order valence-electron chi connectivity index (χ4n) is 3.08. The largest absolute Gasteiger partial charge is 0.465 e. The Morgan fingerprint density at radius 3 is 1.07 bits per heavy atom. The minimum absolute atomic E-state index is 0.00303. The van der Waals surface area contributed by atoms with E-state index in [1.807, 2.05) is 4.44 Å². The van der Waals surface area contributed by atoms with Crippen LogP contribution in [0.3, 0.4) is 0 Å². The van der Waals surface area contributed by atoms with Gasteiger partial charge in [-0.2, -0.15) is 0 Å². The first-order valence-electron chi connectivity index (χ1n) is 8.10. The standard InChI is InChI=1S/C17H27NO8P2/c1-18-27(6,7)12(16(21)25-4)10(14(19)23-2)11(15(20)24-3)13(17(22)26-5)28(18,8)9/h1-9H3. The van der Waals surface area contributed by atoms with E-state index in [0.717, 1.165) is 14.2 Å². The van der Waals surface area contributed by atoms with Gasteiger partial charge in [-0.1, -0.05) is 0 Å². The average molecular weight is 435 g/mol. The van der Waals surface area contributed by atoms with E-state index in [-0.39, 0.29) is 21.7 Å². The summed E-state index contributed by atoms with van der Waals surface area (Å²) in [5, 5.41) is -0.00606. The molecule has 1 rings (SSSR count). The molecule has 1 heterocycles. The Morgan fingerprint density at radius 1 is 0.607 bits per heavy atom. The molecule has 0 aromatic rings. The van der Waals surface area contributed by atoms with Crippen LogP contribution in [0.1, 0.15) is 0 Å². The summed E-state index contributed by atoms with van der Waals surface area (Å²) in [5.74, 6) is -3.44. The smallest absolute Gasteiger partial charge is 0.340 e. The molecule has 0 aromatic carbocycles. The molecule has 0 unspecified atom stereocenters. The van der Waals surface area contributed by atoms with Crippen LogP contribution in [-0.4, -0.2) is 101 Å². The summed E-state index contributed by atoms with van der Waals surface area (Å²) in [7, 11) is 1.27. The van der Waals surface area contributed by atoms with Crippen molar-refractivity contribution in [3.8, 4) is 0 Å². The van der Waals surface area contributed by atoms with Crippen LogP contribution < -0.4 is 0 Å². The highest BCUT2D eigenvalue weighted by atomic mass is 31.2. The number of rotatable bonds is 4. The number of hydrogen-bond acceptors (Lipinski definition) is 9. The van der Waals surface area contributed by atoms with Crippen molar-refractivity contribution in [1.82, 2.24) is 4.44 Å². The molecule has 11 heteroatoms. The van der Waals surface area contributed by atoms with Crippen molar-refractivity contribution < 1.29 is 38.1 Å². The fraction of sp³-hybridized carbons (Fsp3) is 0.529. The molecule has 28 heavy (non-hydrogen) atoms. The summed E-state index contributed by atoms with van der Waals surface area (Å²) in [6.45, 7) is 7.22. The van der Waals surface area contributed by atoms with Gasteiger partial charge in [0.15, 0.2) is 0 Å². The minimum Gasteiger partial charge on any atom is -0.465 e. The maximum Gasteiger partial charge on any atom is 0.340 e. The van der Waals surface area contributed by atoms with Gasteiger partial charge in [0.05, 0.1) is 50.2 Å². The van der Waals surface area contributed by atoms with Gasteiger partial charge in [-0.15, -0.1) is 0 Å². The first-order chi connectivity index (χ1) is 12.8. The Hall–Kier alpha value is -1.82. The number of carbonyl (C=O) groups is 4. The molecule has 0 saturated carbocycles. The number of methoxy groups -OCH3 is 4. The first-order valence-corrected chi connectivity index (χ1v) is 13.4. The van der Waals surface area contributed by atoms with E-state index in [1.54, 1.807) is 33.7 Å². The summed E-state index contributed by atoms with van der Waals surface area (Å²) >= 11 is 0. The molecule has 0 N–H and O–H groups in total. The van der Waals surface area contributed by atoms with E-state index in [4.69, 9.17) is 18.9 Å². The molecule has 0 spiro atoms. The van der Waals surface area contributed by atoms with Crippen LogP contribution in [0, 0.1) is 0 Å². The van der Waals surface area contributed by atoms with Crippen LogP contribution in [0.15, 0.2) is 11.1 Å². The van der Waals surface area contributed by atoms with Gasteiger partial charge in [0.1, 0.15) is 0 Å². The van der Waals surface area contributed by atoms with Gasteiger partial charge in [0, 0.05) is 0 Å². The van der Waals surface area contributed by atoms with Gasteiger partial charge in [0.25, 0.3) is 0 Å². The van der Waals surface area contributed by atoms with Crippen molar-refractivity contribution >= 4 is 48.5 Å². The Bertz CT molecular complexity index is 802. The maximum atomic E-state index is 12.8. The minimum atomic E-state index is -2.54. The summed E-state index contributed by atoms with van der Waals surface area (Å²) in [4.78, 5) is 51.1. The van der Waals surface area contributed by atoms with Gasteiger partial charge < -0.3 is 18.9 Å². The summed E-state index contributed by atoms with van der Waals surface area (Å²) < 4.78 is 21.5. The van der Waals surface area contributed by atoms with Crippen molar-refractivity contribution in [3.05, 3.63) is 11.1 Å². The second-order valence-electron chi connectivity index (χ2n) is 6.69. The zero-order valence-corrected chi connectivity index (χ0v) is 19.4. The van der Waals surface area contributed by atoms with Crippen molar-refractivity contribution in [2.75, 3.05) is 62.1 Å². The number of esters is 4. The van der Waals surface area contributed by atoms with Crippen LogP contribution >= 0.6 is 14.1 Å². The normalized spacial score (nSPS) is 18.9. The van der Waals surface area contributed by atoms with E-state index in [1.165, 1.54) is 14.2 Å². The summed E-state index contributed by atoms with van der Waals surface area (Å²) in [6.07, 6.45) is 0. The molecule has 0 aliphatic carbocycles. The number of carbonyl (C=O) groups excluding carboxylic acids is 4. The predicted molar refractivity (Wildman–Crippen MR) is 110 cm³/mol. The maximum absolute atomic E-state index is 12.8. The molecule has 0 amide bonds. The molecule has 1 aliphatic heterocycles. The monoisotopic (exact) mass is 435 g/mol. The zero-order valence-electron chi connectivity index (χ0n) is 17.6. The summed E-state index contributed by atoms with van der Waals surface area (Å²) in [6, 6.07) is 0. The number of hydrogen-bond donors (Lipinski definition) is 0. The van der Waals surface area contributed by atoms with Crippen LogP contribution in [0.25, 0.3) is 0 Å². The molecule has 1 aliphatic rings. The molecule has 0 aromatic heterocycles. The van der Waals surface area contributed by atoms with Crippen LogP contribution in [-0.2, 0) is 38.1 Å². The Labute approximate surface area is 165 Å². The van der Waals surface area contributed by atoms with E-state index >= 15 is 0 Å². The highest BCUT2D eigenvalue weighted by molar-refractivity contribution is 7.89. The third kappa shape index (κ3) is 3.84. The van der Waals surface area contributed by atoms with Gasteiger partial charge >= 0.3 is 23.9 Å². The van der Waals surface area contributed by atoms with E-state index < -0.39 is 38.0 Å². The first kappa shape index (κ1) is 24.2. The van der Waals surface area contributed by atoms with Crippen LogP contribution in [0.4, 0.5) is 0 Å². The third-order valence-electron chi connectivity index (χ3n) is 4.80. The molecule has 158 valence electrons. The quantitative estimate of drug-likeness (QED) is 0.357. The van der Waals surface area contributed by atoms with Gasteiger partial charge in [-0.05, 0) is 47.8 Å². The topological polar surface area (TPSA) is 108 Å². The van der Waals surface area contributed by atoms with Crippen molar-refractivity contribution in [3.63, 3.8) is 0 Å². The fourth-order valence-corrected chi connectivity index (χ4v) is 11.2. The highest BCUT2D eigenvalue weighted by Crippen LogP contribution is 2.64. The van der Waals surface area contributed by atoms with Gasteiger partial charge in [-0.25, -0.2) is 19.2 Å². The lowest BCUT2D eigenvalue weighted by Gasteiger charge is -2.38. The summed E-state index contributed by atoms with van der Waals surface area (Å²) in [5.41, 5.74) is -0.644. The number of nitrogens with zero attached hydrogens (tertiary/aromatic N) is 1. The lowest BCUT2D eigenvalue weighted by molar-refractivity contribution is -0.139. The van der Waals surface area contributed by atoms with Crippen molar-refractivity contribution in [1.29, 1.82) is 0 Å². The van der Waals surface area contributed by atoms with E-state index in [9.17, 15) is 19.2 Å². The number of ether oxygens (including phenoxy) is 4. The molecule has 0 radical (unpaired) electrons. The second-order valence-corrected chi connectivity index (χ2v) is 14.7. The van der Waals surface area contributed by atoms with Gasteiger partial charge in [0.2, 0.25) is 0 Å². The van der Waals surface area contributed by atoms with E-state index in [2.05, 4.69) is 0 Å². The molecular weight excluding hydrogens is 408 g/mol. The molecular formula is C17H27NO8P2. The molecule has 0 saturated heterocycles. The molecule has 0 bridgehead atoms. The predicted octanol–water partition coefficient (Wildman–Crippen LogP) is 0.650. The van der Waals surface area contributed by atoms with Crippen LogP contribution in [0.2, 0.25) is 0 Å². The van der Waals surface area contributed by atoms with E-state index in [0.29, 0.717) is 0 Å². The van der Waals surface area contributed by atoms with Crippen LogP contribution in [0.5, 0.6) is 0 Å². The van der Waals surface area contributed by atoms with Crippen molar-refractivity contribution in [2.45, 2.75) is 0 Å². The highest BCUT2D eigenvalue weighted by Gasteiger charge is 2.45. The molecule has 9 nitrogen and oxygen atoms in total. The zero-order chi connectivity index (χ0) is 22.0. The lowest BCUT2D eigenvalue weighted by Crippen LogP contribution is -2.32. The second kappa shape index (κ2) is 8.68. The Kier molecular flexibility index (Phi) is 7.51. The molecule has 0 atom stereocenters.